The molecule has 1 heterocycles. The van der Waals surface area contributed by atoms with Gasteiger partial charge < -0.3 is 5.11 Å². The average molecular weight is 184 g/mol. The van der Waals surface area contributed by atoms with Gasteiger partial charge in [-0.25, -0.2) is 0 Å². The molecule has 1 fully saturated rings. The van der Waals surface area contributed by atoms with E-state index in [2.05, 4.69) is 11.9 Å². The van der Waals surface area contributed by atoms with Crippen LogP contribution >= 0.6 is 0 Å². The molecule has 0 aromatic rings. The molecule has 0 aromatic carbocycles. The van der Waals surface area contributed by atoms with E-state index in [0.29, 0.717) is 12.8 Å². The average Bonchev–Trinajstić information content (AvgIpc) is 2.02. The molecule has 72 valence electrons. The Bertz CT molecular complexity index is 228. The molecule has 1 aliphatic rings. The van der Waals surface area contributed by atoms with Gasteiger partial charge in [-0.2, -0.15) is 0 Å². The maximum Gasteiger partial charge on any atom is 0.313 e. The standard InChI is InChI=1S/C8H12N2O3/c1-2-3-4-8(7(11)12)5-10(6-8)9-13/h2H,1,3-6H2,(H,11,12). The Morgan fingerprint density at radius 3 is 2.69 bits per heavy atom. The fraction of sp³-hybridized carbons (Fsp3) is 0.625. The number of carboxylic acid groups (broad SMARTS) is 1. The Kier molecular flexibility index (Phi) is 2.65. The van der Waals surface area contributed by atoms with Gasteiger partial charge >= 0.3 is 5.97 Å². The van der Waals surface area contributed by atoms with E-state index in [0.717, 1.165) is 0 Å². The van der Waals surface area contributed by atoms with Crippen molar-refractivity contribution in [3.8, 4) is 0 Å². The number of rotatable bonds is 5. The second kappa shape index (κ2) is 3.55. The zero-order valence-electron chi connectivity index (χ0n) is 7.27. The highest BCUT2D eigenvalue weighted by Crippen LogP contribution is 2.35. The van der Waals surface area contributed by atoms with E-state index >= 15 is 0 Å². The molecule has 1 N–H and O–H groups in total. The van der Waals surface area contributed by atoms with Gasteiger partial charge in [-0.05, 0) is 12.8 Å². The summed E-state index contributed by atoms with van der Waals surface area (Å²) in [5.41, 5.74) is -0.776. The molecule has 13 heavy (non-hydrogen) atoms. The molecule has 0 unspecified atom stereocenters. The maximum atomic E-state index is 10.9. The van der Waals surface area contributed by atoms with Crippen molar-refractivity contribution in [2.24, 2.45) is 10.7 Å². The van der Waals surface area contributed by atoms with Crippen molar-refractivity contribution in [3.63, 3.8) is 0 Å². The molecule has 0 atom stereocenters. The van der Waals surface area contributed by atoms with Crippen LogP contribution in [0.4, 0.5) is 0 Å². The molecule has 0 aromatic heterocycles. The molecule has 1 saturated heterocycles. The summed E-state index contributed by atoms with van der Waals surface area (Å²) < 4.78 is 0. The van der Waals surface area contributed by atoms with E-state index in [-0.39, 0.29) is 13.1 Å². The molecule has 5 heteroatoms. The number of aliphatic carboxylic acids is 1. The van der Waals surface area contributed by atoms with Gasteiger partial charge in [0.1, 0.15) is 5.41 Å². The lowest BCUT2D eigenvalue weighted by Crippen LogP contribution is -2.57. The van der Waals surface area contributed by atoms with Gasteiger partial charge in [-0.15, -0.1) is 11.5 Å². The molecule has 5 nitrogen and oxygen atoms in total. The summed E-state index contributed by atoms with van der Waals surface area (Å²) in [5, 5.41) is 12.8. The van der Waals surface area contributed by atoms with Gasteiger partial charge in [-0.3, -0.25) is 9.80 Å². The predicted octanol–water partition coefficient (Wildman–Crippen LogP) is 1.02. The SMILES string of the molecule is C=CCCC1(C(=O)O)CN(N=O)C1. The molecule has 0 saturated carbocycles. The van der Waals surface area contributed by atoms with Gasteiger partial charge in [0, 0.05) is 0 Å². The lowest BCUT2D eigenvalue weighted by atomic mass is 9.77. The highest BCUT2D eigenvalue weighted by atomic mass is 16.4. The van der Waals surface area contributed by atoms with Crippen LogP contribution in [-0.2, 0) is 4.79 Å². The Hall–Kier alpha value is -1.39. The third-order valence-corrected chi connectivity index (χ3v) is 2.37. The quantitative estimate of drug-likeness (QED) is 0.511. The molecular formula is C8H12N2O3. The first-order valence-electron chi connectivity index (χ1n) is 4.07. The van der Waals surface area contributed by atoms with Crippen LogP contribution in [0.15, 0.2) is 17.9 Å². The molecular weight excluding hydrogens is 172 g/mol. The maximum absolute atomic E-state index is 10.9. The number of carboxylic acids is 1. The fourth-order valence-electron chi connectivity index (χ4n) is 1.49. The lowest BCUT2D eigenvalue weighted by Gasteiger charge is -2.43. The van der Waals surface area contributed by atoms with Crippen molar-refractivity contribution in [1.82, 2.24) is 5.01 Å². The highest BCUT2D eigenvalue weighted by Gasteiger charge is 2.49. The number of allylic oxidation sites excluding steroid dienone is 1. The van der Waals surface area contributed by atoms with E-state index in [9.17, 15) is 9.70 Å². The highest BCUT2D eigenvalue weighted by molar-refractivity contribution is 5.76. The van der Waals surface area contributed by atoms with Gasteiger partial charge in [-0.1, -0.05) is 6.08 Å². The molecule has 1 aliphatic heterocycles. The van der Waals surface area contributed by atoms with Gasteiger partial charge in [0.2, 0.25) is 0 Å². The molecule has 0 amide bonds. The first kappa shape index (κ1) is 9.70. The van der Waals surface area contributed by atoms with Crippen LogP contribution in [0, 0.1) is 10.3 Å². The van der Waals surface area contributed by atoms with Crippen molar-refractivity contribution in [3.05, 3.63) is 17.6 Å². The van der Waals surface area contributed by atoms with E-state index in [4.69, 9.17) is 5.11 Å². The minimum Gasteiger partial charge on any atom is -0.481 e. The fourth-order valence-corrected chi connectivity index (χ4v) is 1.49. The van der Waals surface area contributed by atoms with Crippen molar-refractivity contribution < 1.29 is 9.90 Å². The minimum absolute atomic E-state index is 0.222. The van der Waals surface area contributed by atoms with Crippen LogP contribution in [0.1, 0.15) is 12.8 Å². The number of nitrogens with zero attached hydrogens (tertiary/aromatic N) is 2. The second-order valence-corrected chi connectivity index (χ2v) is 3.32. The van der Waals surface area contributed by atoms with E-state index in [1.54, 1.807) is 6.08 Å². The Balaban J connectivity index is 2.54. The smallest absolute Gasteiger partial charge is 0.313 e. The summed E-state index contributed by atoms with van der Waals surface area (Å²) in [4.78, 5) is 20.9. The zero-order chi connectivity index (χ0) is 9.90. The van der Waals surface area contributed by atoms with Crippen molar-refractivity contribution in [2.75, 3.05) is 13.1 Å². The first-order chi connectivity index (χ1) is 6.14. The van der Waals surface area contributed by atoms with Crippen LogP contribution in [-0.4, -0.2) is 29.2 Å². The van der Waals surface area contributed by atoms with Gasteiger partial charge in [0.05, 0.1) is 18.4 Å². The first-order valence-corrected chi connectivity index (χ1v) is 4.07. The lowest BCUT2D eigenvalue weighted by molar-refractivity contribution is -0.161. The number of carbonyl (C=O) groups is 1. The van der Waals surface area contributed by atoms with Gasteiger partial charge in [0.25, 0.3) is 0 Å². The van der Waals surface area contributed by atoms with Crippen LogP contribution in [0.5, 0.6) is 0 Å². The van der Waals surface area contributed by atoms with Crippen molar-refractivity contribution in [2.45, 2.75) is 12.8 Å². The monoisotopic (exact) mass is 184 g/mol. The molecule has 0 aliphatic carbocycles. The van der Waals surface area contributed by atoms with Crippen molar-refractivity contribution >= 4 is 5.97 Å². The van der Waals surface area contributed by atoms with Crippen LogP contribution < -0.4 is 0 Å². The summed E-state index contributed by atoms with van der Waals surface area (Å²) in [6.45, 7) is 3.97. The van der Waals surface area contributed by atoms with Gasteiger partial charge in [0.15, 0.2) is 0 Å². The molecule has 0 spiro atoms. The van der Waals surface area contributed by atoms with Crippen LogP contribution in [0.2, 0.25) is 0 Å². The number of nitroso groups, excluding NO2 is 1. The normalized spacial score (nSPS) is 18.9. The Labute approximate surface area is 76.0 Å². The minimum atomic E-state index is -0.853. The van der Waals surface area contributed by atoms with E-state index < -0.39 is 11.4 Å². The second-order valence-electron chi connectivity index (χ2n) is 3.32. The summed E-state index contributed by atoms with van der Waals surface area (Å²) in [6, 6.07) is 0. The molecule has 0 radical (unpaired) electrons. The number of hydrogen-bond donors (Lipinski definition) is 1. The van der Waals surface area contributed by atoms with E-state index in [1.807, 2.05) is 0 Å². The van der Waals surface area contributed by atoms with E-state index in [1.165, 1.54) is 5.01 Å². The third kappa shape index (κ3) is 1.68. The summed E-state index contributed by atoms with van der Waals surface area (Å²) in [7, 11) is 0. The summed E-state index contributed by atoms with van der Waals surface area (Å²) in [5.74, 6) is -0.853. The summed E-state index contributed by atoms with van der Waals surface area (Å²) >= 11 is 0. The van der Waals surface area contributed by atoms with Crippen LogP contribution in [0.25, 0.3) is 0 Å². The number of hydrogen-bond acceptors (Lipinski definition) is 3. The molecule has 0 bridgehead atoms. The Morgan fingerprint density at radius 1 is 1.69 bits per heavy atom. The molecule has 1 rings (SSSR count). The van der Waals surface area contributed by atoms with Crippen LogP contribution in [0.3, 0.4) is 0 Å². The predicted molar refractivity (Wildman–Crippen MR) is 46.9 cm³/mol. The zero-order valence-corrected chi connectivity index (χ0v) is 7.27. The topological polar surface area (TPSA) is 70.0 Å². The Morgan fingerprint density at radius 2 is 2.31 bits per heavy atom. The third-order valence-electron chi connectivity index (χ3n) is 2.37. The van der Waals surface area contributed by atoms with Crippen molar-refractivity contribution in [1.29, 1.82) is 0 Å². The summed E-state index contributed by atoms with van der Waals surface area (Å²) in [6.07, 6.45) is 2.86. The largest absolute Gasteiger partial charge is 0.481 e.